The number of anilines is 1. The highest BCUT2D eigenvalue weighted by Crippen LogP contribution is 2.28. The first-order valence-corrected chi connectivity index (χ1v) is 5.94. The van der Waals surface area contributed by atoms with Crippen LogP contribution in [-0.4, -0.2) is 26.3 Å². The monoisotopic (exact) mass is 240 g/mol. The number of ether oxygens (including phenoxy) is 1. The molecule has 1 aliphatic heterocycles. The number of morpholine rings is 1. The van der Waals surface area contributed by atoms with Crippen molar-refractivity contribution in [3.8, 4) is 0 Å². The van der Waals surface area contributed by atoms with E-state index < -0.39 is 0 Å². The molecule has 2 N–H and O–H groups in total. The number of hydrogen-bond donors (Lipinski definition) is 1. The van der Waals surface area contributed by atoms with Gasteiger partial charge in [-0.15, -0.1) is 0 Å². The van der Waals surface area contributed by atoms with Crippen molar-refractivity contribution in [2.75, 3.05) is 31.2 Å². The van der Waals surface area contributed by atoms with Gasteiger partial charge in [-0.3, -0.25) is 0 Å². The van der Waals surface area contributed by atoms with E-state index in [1.807, 2.05) is 25.1 Å². The molecule has 16 heavy (non-hydrogen) atoms. The van der Waals surface area contributed by atoms with Gasteiger partial charge in [0.15, 0.2) is 0 Å². The Morgan fingerprint density at radius 2 is 2.06 bits per heavy atom. The summed E-state index contributed by atoms with van der Waals surface area (Å²) in [4.78, 5) is 2.25. The summed E-state index contributed by atoms with van der Waals surface area (Å²) in [5.41, 5.74) is 7.97. The molecule has 1 aromatic carbocycles. The van der Waals surface area contributed by atoms with Crippen LogP contribution in [0.3, 0.4) is 0 Å². The summed E-state index contributed by atoms with van der Waals surface area (Å²) in [6, 6.07) is 6.07. The lowest BCUT2D eigenvalue weighted by atomic mass is 10.1. The van der Waals surface area contributed by atoms with Crippen molar-refractivity contribution in [1.29, 1.82) is 0 Å². The minimum atomic E-state index is 0.0243. The van der Waals surface area contributed by atoms with Crippen LogP contribution < -0.4 is 10.6 Å². The first-order chi connectivity index (χ1) is 7.68. The van der Waals surface area contributed by atoms with Crippen LogP contribution in [-0.2, 0) is 4.74 Å². The Hall–Kier alpha value is -0.770. The Bertz CT molecular complexity index is 362. The maximum Gasteiger partial charge on any atom is 0.0642 e. The molecule has 3 nitrogen and oxygen atoms in total. The van der Waals surface area contributed by atoms with Gasteiger partial charge in [-0.2, -0.15) is 0 Å². The summed E-state index contributed by atoms with van der Waals surface area (Å²) >= 11 is 6.27. The highest BCUT2D eigenvalue weighted by molar-refractivity contribution is 6.33. The van der Waals surface area contributed by atoms with E-state index in [1.165, 1.54) is 0 Å². The third-order valence-corrected chi connectivity index (χ3v) is 3.15. The van der Waals surface area contributed by atoms with Gasteiger partial charge in [0.2, 0.25) is 0 Å². The van der Waals surface area contributed by atoms with E-state index in [0.29, 0.717) is 0 Å². The molecule has 0 aromatic heterocycles. The average molecular weight is 241 g/mol. The normalized spacial score (nSPS) is 18.6. The van der Waals surface area contributed by atoms with E-state index in [4.69, 9.17) is 22.1 Å². The largest absolute Gasteiger partial charge is 0.378 e. The molecule has 0 spiro atoms. The fourth-order valence-corrected chi connectivity index (χ4v) is 2.18. The topological polar surface area (TPSA) is 38.5 Å². The zero-order chi connectivity index (χ0) is 11.5. The third-order valence-electron chi connectivity index (χ3n) is 2.85. The van der Waals surface area contributed by atoms with E-state index in [9.17, 15) is 0 Å². The summed E-state index contributed by atoms with van der Waals surface area (Å²) < 4.78 is 5.32. The molecule has 0 saturated carbocycles. The van der Waals surface area contributed by atoms with Crippen LogP contribution in [0.2, 0.25) is 5.02 Å². The standard InChI is InChI=1S/C12H17ClN2O/c1-9(14)10-2-3-12(11(13)8-10)15-4-6-16-7-5-15/h2-3,8-9H,4-7,14H2,1H3/t9-/m0/s1. The van der Waals surface area contributed by atoms with E-state index in [2.05, 4.69) is 4.90 Å². The van der Waals surface area contributed by atoms with E-state index in [-0.39, 0.29) is 6.04 Å². The van der Waals surface area contributed by atoms with Crippen LogP contribution in [0, 0.1) is 0 Å². The lowest BCUT2D eigenvalue weighted by Gasteiger charge is -2.29. The summed E-state index contributed by atoms with van der Waals surface area (Å²) in [6.45, 7) is 5.30. The van der Waals surface area contributed by atoms with Crippen molar-refractivity contribution < 1.29 is 4.74 Å². The molecule has 1 heterocycles. The van der Waals surface area contributed by atoms with Crippen molar-refractivity contribution in [2.24, 2.45) is 5.73 Å². The lowest BCUT2D eigenvalue weighted by Crippen LogP contribution is -2.36. The zero-order valence-electron chi connectivity index (χ0n) is 9.45. The average Bonchev–Trinajstić information content (AvgIpc) is 2.30. The SMILES string of the molecule is C[C@H](N)c1ccc(N2CCOCC2)c(Cl)c1. The molecule has 1 saturated heterocycles. The molecule has 2 rings (SSSR count). The predicted octanol–water partition coefficient (Wildman–Crippen LogP) is 2.20. The lowest BCUT2D eigenvalue weighted by molar-refractivity contribution is 0.122. The van der Waals surface area contributed by atoms with Crippen molar-refractivity contribution in [3.63, 3.8) is 0 Å². The molecule has 0 aliphatic carbocycles. The second-order valence-electron chi connectivity index (χ2n) is 4.10. The quantitative estimate of drug-likeness (QED) is 0.861. The summed E-state index contributed by atoms with van der Waals surface area (Å²) in [7, 11) is 0. The maximum absolute atomic E-state index is 6.27. The van der Waals surface area contributed by atoms with E-state index in [1.54, 1.807) is 0 Å². The number of nitrogens with zero attached hydrogens (tertiary/aromatic N) is 1. The Balaban J connectivity index is 2.21. The third kappa shape index (κ3) is 2.48. The first-order valence-electron chi connectivity index (χ1n) is 5.56. The molecule has 0 bridgehead atoms. The molecule has 0 amide bonds. The summed E-state index contributed by atoms with van der Waals surface area (Å²) in [5, 5.41) is 0.775. The molecule has 0 radical (unpaired) electrons. The van der Waals surface area contributed by atoms with Gasteiger partial charge in [-0.05, 0) is 24.6 Å². The van der Waals surface area contributed by atoms with Crippen LogP contribution >= 0.6 is 11.6 Å². The maximum atomic E-state index is 6.27. The Labute approximate surface area is 101 Å². The van der Waals surface area contributed by atoms with Crippen LogP contribution in [0.5, 0.6) is 0 Å². The van der Waals surface area contributed by atoms with Gasteiger partial charge in [0.25, 0.3) is 0 Å². The van der Waals surface area contributed by atoms with Gasteiger partial charge in [0, 0.05) is 19.1 Å². The van der Waals surface area contributed by atoms with Gasteiger partial charge in [0.05, 0.1) is 23.9 Å². The summed E-state index contributed by atoms with van der Waals surface area (Å²) in [5.74, 6) is 0. The zero-order valence-corrected chi connectivity index (χ0v) is 10.2. The molecule has 1 fully saturated rings. The molecule has 0 unspecified atom stereocenters. The van der Waals surface area contributed by atoms with Gasteiger partial charge in [-0.1, -0.05) is 17.7 Å². The van der Waals surface area contributed by atoms with Crippen LogP contribution in [0.4, 0.5) is 5.69 Å². The Morgan fingerprint density at radius 1 is 1.38 bits per heavy atom. The number of rotatable bonds is 2. The Kier molecular flexibility index (Phi) is 3.69. The molecule has 1 atom stereocenters. The molecule has 1 aliphatic rings. The van der Waals surface area contributed by atoms with Gasteiger partial charge < -0.3 is 15.4 Å². The highest BCUT2D eigenvalue weighted by atomic mass is 35.5. The number of halogens is 1. The van der Waals surface area contributed by atoms with Crippen LogP contribution in [0.15, 0.2) is 18.2 Å². The molecular formula is C12H17ClN2O. The van der Waals surface area contributed by atoms with Crippen LogP contribution in [0.1, 0.15) is 18.5 Å². The highest BCUT2D eigenvalue weighted by Gasteiger charge is 2.14. The molecule has 1 aromatic rings. The van der Waals surface area contributed by atoms with Gasteiger partial charge in [-0.25, -0.2) is 0 Å². The summed E-state index contributed by atoms with van der Waals surface area (Å²) in [6.07, 6.45) is 0. The van der Waals surface area contributed by atoms with Crippen LogP contribution in [0.25, 0.3) is 0 Å². The van der Waals surface area contributed by atoms with Gasteiger partial charge >= 0.3 is 0 Å². The fourth-order valence-electron chi connectivity index (χ4n) is 1.87. The number of nitrogens with two attached hydrogens (primary N) is 1. The fraction of sp³-hybridized carbons (Fsp3) is 0.500. The number of benzene rings is 1. The smallest absolute Gasteiger partial charge is 0.0642 e. The van der Waals surface area contributed by atoms with Crippen molar-refractivity contribution in [1.82, 2.24) is 0 Å². The van der Waals surface area contributed by atoms with Gasteiger partial charge in [0.1, 0.15) is 0 Å². The van der Waals surface area contributed by atoms with Crippen molar-refractivity contribution >= 4 is 17.3 Å². The predicted molar refractivity (Wildman–Crippen MR) is 67.1 cm³/mol. The molecule has 4 heteroatoms. The molecule has 88 valence electrons. The van der Waals surface area contributed by atoms with Crippen molar-refractivity contribution in [3.05, 3.63) is 28.8 Å². The Morgan fingerprint density at radius 3 is 2.62 bits per heavy atom. The first kappa shape index (κ1) is 11.7. The molecular weight excluding hydrogens is 224 g/mol. The second-order valence-corrected chi connectivity index (χ2v) is 4.51. The minimum absolute atomic E-state index is 0.0243. The minimum Gasteiger partial charge on any atom is -0.378 e. The van der Waals surface area contributed by atoms with E-state index in [0.717, 1.165) is 42.6 Å². The van der Waals surface area contributed by atoms with Crippen molar-refractivity contribution in [2.45, 2.75) is 13.0 Å². The number of hydrogen-bond acceptors (Lipinski definition) is 3. The van der Waals surface area contributed by atoms with E-state index >= 15 is 0 Å². The second kappa shape index (κ2) is 5.04.